The summed E-state index contributed by atoms with van der Waals surface area (Å²) in [6, 6.07) is 8.43. The van der Waals surface area contributed by atoms with Gasteiger partial charge in [0.05, 0.1) is 12.4 Å². The van der Waals surface area contributed by atoms with Gasteiger partial charge in [-0.2, -0.15) is 15.3 Å². The highest BCUT2D eigenvalue weighted by atomic mass is 19.1. The summed E-state index contributed by atoms with van der Waals surface area (Å²) in [5, 5.41) is 11.9. The van der Waals surface area contributed by atoms with E-state index in [1.54, 1.807) is 35.3 Å². The van der Waals surface area contributed by atoms with Crippen molar-refractivity contribution in [3.8, 4) is 22.4 Å². The van der Waals surface area contributed by atoms with E-state index >= 15 is 0 Å². The highest BCUT2D eigenvalue weighted by Crippen LogP contribution is 2.31. The Hall–Kier alpha value is -2.56. The number of halogens is 1. The molecule has 0 radical (unpaired) electrons. The van der Waals surface area contributed by atoms with Crippen LogP contribution in [0.15, 0.2) is 48.9 Å². The van der Waals surface area contributed by atoms with Crippen LogP contribution in [0.5, 0.6) is 0 Å². The van der Waals surface area contributed by atoms with Crippen LogP contribution in [0.1, 0.15) is 0 Å². The van der Waals surface area contributed by atoms with Crippen LogP contribution >= 0.6 is 0 Å². The second-order valence-electron chi connectivity index (χ2n) is 4.18. The van der Waals surface area contributed by atoms with E-state index in [1.807, 2.05) is 19.3 Å². The van der Waals surface area contributed by atoms with Gasteiger partial charge in [-0.3, -0.25) is 4.68 Å². The monoisotopic (exact) mass is 254 g/mol. The first kappa shape index (κ1) is 11.5. The van der Waals surface area contributed by atoms with Crippen molar-refractivity contribution in [2.75, 3.05) is 0 Å². The lowest BCUT2D eigenvalue weighted by Gasteiger charge is -2.03. The van der Waals surface area contributed by atoms with Gasteiger partial charge in [-0.15, -0.1) is 0 Å². The highest BCUT2D eigenvalue weighted by Gasteiger charge is 2.15. The van der Waals surface area contributed by atoms with Crippen molar-refractivity contribution < 1.29 is 4.39 Å². The Morgan fingerprint density at radius 2 is 1.89 bits per heavy atom. The smallest absolute Gasteiger partial charge is 0.132 e. The minimum absolute atomic E-state index is 0.288. The van der Waals surface area contributed by atoms with Crippen LogP contribution in [-0.4, -0.2) is 20.0 Å². The maximum absolute atomic E-state index is 13.9. The molecule has 0 fully saturated rings. The van der Waals surface area contributed by atoms with Gasteiger partial charge in [0.1, 0.15) is 11.5 Å². The largest absolute Gasteiger partial charge is 0.275 e. The van der Waals surface area contributed by atoms with Gasteiger partial charge in [0.25, 0.3) is 0 Å². The minimum atomic E-state index is -0.288. The third kappa shape index (κ3) is 2.10. The van der Waals surface area contributed by atoms with Gasteiger partial charge in [0.15, 0.2) is 0 Å². The lowest BCUT2D eigenvalue weighted by molar-refractivity contribution is 0.630. The van der Waals surface area contributed by atoms with E-state index in [1.165, 1.54) is 6.07 Å². The van der Waals surface area contributed by atoms with Gasteiger partial charge < -0.3 is 0 Å². The fourth-order valence-corrected chi connectivity index (χ4v) is 2.00. The molecule has 2 heterocycles. The Morgan fingerprint density at radius 3 is 2.63 bits per heavy atom. The van der Waals surface area contributed by atoms with E-state index in [4.69, 9.17) is 0 Å². The molecule has 0 atom stereocenters. The summed E-state index contributed by atoms with van der Waals surface area (Å²) in [5.74, 6) is -0.288. The van der Waals surface area contributed by atoms with Crippen LogP contribution in [0.4, 0.5) is 4.39 Å². The maximum Gasteiger partial charge on any atom is 0.132 e. The van der Waals surface area contributed by atoms with Crippen molar-refractivity contribution in [1.29, 1.82) is 0 Å². The zero-order valence-corrected chi connectivity index (χ0v) is 10.3. The second kappa shape index (κ2) is 4.61. The summed E-state index contributed by atoms with van der Waals surface area (Å²) in [6.07, 6.45) is 5.09. The molecular weight excluding hydrogens is 243 g/mol. The number of rotatable bonds is 2. The number of hydrogen-bond acceptors (Lipinski definition) is 3. The molecule has 5 heteroatoms. The molecule has 3 rings (SSSR count). The molecule has 0 unspecified atom stereocenters. The molecule has 0 aliphatic rings. The summed E-state index contributed by atoms with van der Waals surface area (Å²) in [5.41, 5.74) is 2.78. The zero-order valence-electron chi connectivity index (χ0n) is 10.3. The number of aryl methyl sites for hydroxylation is 1. The first-order valence-corrected chi connectivity index (χ1v) is 5.81. The van der Waals surface area contributed by atoms with Crippen molar-refractivity contribution in [3.63, 3.8) is 0 Å². The summed E-state index contributed by atoms with van der Waals surface area (Å²) in [7, 11) is 1.81. The van der Waals surface area contributed by atoms with E-state index in [0.29, 0.717) is 11.3 Å². The Morgan fingerprint density at radius 1 is 1.05 bits per heavy atom. The minimum Gasteiger partial charge on any atom is -0.275 e. The number of benzene rings is 1. The van der Waals surface area contributed by atoms with Crippen molar-refractivity contribution in [1.82, 2.24) is 20.0 Å². The molecular formula is C14H11FN4. The lowest BCUT2D eigenvalue weighted by Crippen LogP contribution is -1.90. The van der Waals surface area contributed by atoms with Crippen LogP contribution in [0.25, 0.3) is 22.4 Å². The van der Waals surface area contributed by atoms with Gasteiger partial charge in [0.2, 0.25) is 0 Å². The molecule has 0 N–H and O–H groups in total. The third-order valence-corrected chi connectivity index (χ3v) is 2.85. The topological polar surface area (TPSA) is 43.6 Å². The van der Waals surface area contributed by atoms with Crippen LogP contribution in [0.3, 0.4) is 0 Å². The molecule has 0 aliphatic heterocycles. The van der Waals surface area contributed by atoms with E-state index in [9.17, 15) is 4.39 Å². The second-order valence-corrected chi connectivity index (χ2v) is 4.18. The average Bonchev–Trinajstić information content (AvgIpc) is 2.82. The van der Waals surface area contributed by atoms with Gasteiger partial charge in [-0.1, -0.05) is 12.1 Å². The molecule has 19 heavy (non-hydrogen) atoms. The van der Waals surface area contributed by atoms with Crippen LogP contribution in [0.2, 0.25) is 0 Å². The molecule has 0 saturated heterocycles. The molecule has 0 aliphatic carbocycles. The number of nitrogens with zero attached hydrogens (tertiary/aromatic N) is 4. The van der Waals surface area contributed by atoms with Crippen molar-refractivity contribution >= 4 is 0 Å². The van der Waals surface area contributed by atoms with Crippen LogP contribution in [-0.2, 0) is 7.05 Å². The molecule has 94 valence electrons. The summed E-state index contributed by atoms with van der Waals surface area (Å²) < 4.78 is 15.6. The molecule has 3 aromatic rings. The molecule has 1 aromatic carbocycles. The molecule has 0 spiro atoms. The van der Waals surface area contributed by atoms with E-state index in [2.05, 4.69) is 15.3 Å². The first-order valence-electron chi connectivity index (χ1n) is 5.81. The molecule has 2 aromatic heterocycles. The van der Waals surface area contributed by atoms with E-state index < -0.39 is 0 Å². The Labute approximate surface area is 109 Å². The van der Waals surface area contributed by atoms with Crippen molar-refractivity contribution in [2.45, 2.75) is 0 Å². The standard InChI is InChI=1S/C14H11FN4/c1-19-9-12(10-6-7-16-17-8-10)14(18-19)11-4-2-3-5-13(11)15/h2-9H,1H3. The Bertz CT molecular complexity index is 706. The number of aromatic nitrogens is 4. The van der Waals surface area contributed by atoms with E-state index in [-0.39, 0.29) is 5.82 Å². The number of hydrogen-bond donors (Lipinski definition) is 0. The predicted octanol–water partition coefficient (Wildman–Crippen LogP) is 2.68. The maximum atomic E-state index is 13.9. The van der Waals surface area contributed by atoms with Gasteiger partial charge in [0, 0.05) is 29.9 Å². The summed E-state index contributed by atoms with van der Waals surface area (Å²) in [6.45, 7) is 0. The molecule has 0 amide bonds. The molecule has 0 saturated carbocycles. The fourth-order valence-electron chi connectivity index (χ4n) is 2.00. The van der Waals surface area contributed by atoms with Crippen molar-refractivity contribution in [3.05, 3.63) is 54.7 Å². The summed E-state index contributed by atoms with van der Waals surface area (Å²) >= 11 is 0. The molecule has 4 nitrogen and oxygen atoms in total. The lowest BCUT2D eigenvalue weighted by atomic mass is 10.0. The zero-order chi connectivity index (χ0) is 13.2. The molecule has 0 bridgehead atoms. The van der Waals surface area contributed by atoms with E-state index in [0.717, 1.165) is 11.1 Å². The first-order chi connectivity index (χ1) is 9.25. The summed E-state index contributed by atoms with van der Waals surface area (Å²) in [4.78, 5) is 0. The normalized spacial score (nSPS) is 10.6. The van der Waals surface area contributed by atoms with Gasteiger partial charge >= 0.3 is 0 Å². The van der Waals surface area contributed by atoms with Gasteiger partial charge in [-0.25, -0.2) is 4.39 Å². The highest BCUT2D eigenvalue weighted by molar-refractivity contribution is 5.80. The Kier molecular flexibility index (Phi) is 2.79. The van der Waals surface area contributed by atoms with Crippen molar-refractivity contribution in [2.24, 2.45) is 7.05 Å². The fraction of sp³-hybridized carbons (Fsp3) is 0.0714. The predicted molar refractivity (Wildman–Crippen MR) is 69.6 cm³/mol. The SMILES string of the molecule is Cn1cc(-c2ccnnc2)c(-c2ccccc2F)n1. The van der Waals surface area contributed by atoms with Gasteiger partial charge in [-0.05, 0) is 18.2 Å². The van der Waals surface area contributed by atoms with Crippen LogP contribution in [0, 0.1) is 5.82 Å². The Balaban J connectivity index is 2.21. The quantitative estimate of drug-likeness (QED) is 0.706. The third-order valence-electron chi connectivity index (χ3n) is 2.85. The average molecular weight is 254 g/mol. The van der Waals surface area contributed by atoms with Crippen LogP contribution < -0.4 is 0 Å².